The molecule has 0 radical (unpaired) electrons. The summed E-state index contributed by atoms with van der Waals surface area (Å²) in [6.07, 6.45) is -4.46. The van der Waals surface area contributed by atoms with E-state index in [1.165, 1.54) is 4.90 Å². The summed E-state index contributed by atoms with van der Waals surface area (Å²) in [5.74, 6) is -0.141. The maximum absolute atomic E-state index is 12.8. The van der Waals surface area contributed by atoms with E-state index in [2.05, 4.69) is 9.97 Å². The molecule has 2 aromatic carbocycles. The fourth-order valence-corrected chi connectivity index (χ4v) is 2.83. The van der Waals surface area contributed by atoms with Crippen LogP contribution in [0.1, 0.15) is 35.6 Å². The van der Waals surface area contributed by atoms with E-state index in [0.29, 0.717) is 16.7 Å². The molecule has 3 aromatic rings. The highest BCUT2D eigenvalue weighted by atomic mass is 19.4. The second-order valence-electron chi connectivity index (χ2n) is 6.63. The predicted molar refractivity (Wildman–Crippen MR) is 98.8 cm³/mol. The average molecular weight is 389 g/mol. The maximum Gasteiger partial charge on any atom is 0.416 e. The van der Waals surface area contributed by atoms with Crippen LogP contribution in [0.15, 0.2) is 53.3 Å². The molecule has 1 heterocycles. The van der Waals surface area contributed by atoms with Gasteiger partial charge in [0.15, 0.2) is 0 Å². The molecule has 28 heavy (non-hydrogen) atoms. The van der Waals surface area contributed by atoms with Gasteiger partial charge in [-0.15, -0.1) is 0 Å². The Morgan fingerprint density at radius 1 is 1.11 bits per heavy atom. The summed E-state index contributed by atoms with van der Waals surface area (Å²) in [6, 6.07) is 10.6. The molecule has 0 saturated carbocycles. The third-order valence-electron chi connectivity index (χ3n) is 4.33. The molecule has 1 N–H and O–H groups in total. The van der Waals surface area contributed by atoms with Gasteiger partial charge in [0.1, 0.15) is 5.82 Å². The van der Waals surface area contributed by atoms with Crippen LogP contribution in [0.4, 0.5) is 13.2 Å². The lowest BCUT2D eigenvalue weighted by Gasteiger charge is -2.26. The lowest BCUT2D eigenvalue weighted by Crippen LogP contribution is -2.37. The van der Waals surface area contributed by atoms with Crippen molar-refractivity contribution >= 4 is 16.8 Å². The first-order chi connectivity index (χ1) is 13.2. The van der Waals surface area contributed by atoms with Crippen molar-refractivity contribution in [3.63, 3.8) is 0 Å². The molecule has 0 aliphatic rings. The number of aromatic amines is 1. The van der Waals surface area contributed by atoms with Crippen molar-refractivity contribution < 1.29 is 18.0 Å². The van der Waals surface area contributed by atoms with Gasteiger partial charge in [0.25, 0.3) is 11.5 Å². The number of benzene rings is 2. The number of fused-ring (bicyclic) bond motifs is 1. The van der Waals surface area contributed by atoms with Gasteiger partial charge in [0, 0.05) is 11.6 Å². The SMILES string of the molecule is CC(C)N(Cc1nc2ccccc2c(=O)[nH]1)C(=O)c1ccc(C(F)(F)F)cc1. The molecule has 5 nitrogen and oxygen atoms in total. The maximum atomic E-state index is 12.8. The van der Waals surface area contributed by atoms with Crippen molar-refractivity contribution in [2.75, 3.05) is 0 Å². The van der Waals surface area contributed by atoms with Gasteiger partial charge in [-0.1, -0.05) is 12.1 Å². The zero-order valence-electron chi connectivity index (χ0n) is 15.2. The Kier molecular flexibility index (Phi) is 5.22. The molecule has 0 aliphatic heterocycles. The first kappa shape index (κ1) is 19.6. The highest BCUT2D eigenvalue weighted by Crippen LogP contribution is 2.29. The standard InChI is InChI=1S/C20H18F3N3O2/c1-12(2)26(19(28)13-7-9-14(10-8-13)20(21,22)23)11-17-24-16-6-4-3-5-15(16)18(27)25-17/h3-10,12H,11H2,1-2H3,(H,24,25,27). The monoisotopic (exact) mass is 389 g/mol. The number of hydrogen-bond acceptors (Lipinski definition) is 3. The number of halogens is 3. The van der Waals surface area contributed by atoms with Gasteiger partial charge in [-0.05, 0) is 50.2 Å². The fraction of sp³-hybridized carbons (Fsp3) is 0.250. The van der Waals surface area contributed by atoms with Crippen LogP contribution in [0.5, 0.6) is 0 Å². The Hall–Kier alpha value is -3.16. The van der Waals surface area contributed by atoms with Gasteiger partial charge >= 0.3 is 6.18 Å². The molecule has 0 saturated heterocycles. The normalized spacial score (nSPS) is 11.8. The zero-order valence-corrected chi connectivity index (χ0v) is 15.2. The molecule has 0 bridgehead atoms. The number of rotatable bonds is 4. The molecule has 1 amide bonds. The van der Waals surface area contributed by atoms with E-state index < -0.39 is 17.6 Å². The third-order valence-corrected chi connectivity index (χ3v) is 4.33. The topological polar surface area (TPSA) is 66.1 Å². The van der Waals surface area contributed by atoms with E-state index in [-0.39, 0.29) is 23.7 Å². The van der Waals surface area contributed by atoms with E-state index in [0.717, 1.165) is 24.3 Å². The Morgan fingerprint density at radius 2 is 1.75 bits per heavy atom. The fourth-order valence-electron chi connectivity index (χ4n) is 2.83. The molecule has 0 unspecified atom stereocenters. The summed E-state index contributed by atoms with van der Waals surface area (Å²) >= 11 is 0. The van der Waals surface area contributed by atoms with E-state index in [1.54, 1.807) is 38.1 Å². The Morgan fingerprint density at radius 3 is 2.36 bits per heavy atom. The lowest BCUT2D eigenvalue weighted by molar-refractivity contribution is -0.137. The van der Waals surface area contributed by atoms with Crippen molar-refractivity contribution in [2.45, 2.75) is 32.6 Å². The van der Waals surface area contributed by atoms with Gasteiger partial charge in [-0.25, -0.2) is 4.98 Å². The van der Waals surface area contributed by atoms with E-state index in [9.17, 15) is 22.8 Å². The third kappa shape index (κ3) is 4.05. The second kappa shape index (κ2) is 7.46. The molecule has 0 spiro atoms. The minimum Gasteiger partial charge on any atom is -0.329 e. The smallest absolute Gasteiger partial charge is 0.329 e. The highest BCUT2D eigenvalue weighted by molar-refractivity contribution is 5.94. The number of nitrogens with one attached hydrogen (secondary N) is 1. The summed E-state index contributed by atoms with van der Waals surface area (Å²) in [7, 11) is 0. The lowest BCUT2D eigenvalue weighted by atomic mass is 10.1. The van der Waals surface area contributed by atoms with Crippen molar-refractivity contribution in [3.8, 4) is 0 Å². The van der Waals surface area contributed by atoms with Gasteiger partial charge in [-0.2, -0.15) is 13.2 Å². The number of carbonyl (C=O) groups is 1. The summed E-state index contributed by atoms with van der Waals surface area (Å²) in [5, 5.41) is 0.441. The summed E-state index contributed by atoms with van der Waals surface area (Å²) < 4.78 is 38.2. The number of carbonyl (C=O) groups excluding carboxylic acids is 1. The quantitative estimate of drug-likeness (QED) is 0.734. The van der Waals surface area contributed by atoms with Crippen molar-refractivity contribution in [1.82, 2.24) is 14.9 Å². The van der Waals surface area contributed by atoms with Crippen LogP contribution in [-0.4, -0.2) is 26.8 Å². The number of para-hydroxylation sites is 1. The predicted octanol–water partition coefficient (Wildman–Crippen LogP) is 3.99. The van der Waals surface area contributed by atoms with E-state index in [4.69, 9.17) is 0 Å². The van der Waals surface area contributed by atoms with Crippen LogP contribution in [0.2, 0.25) is 0 Å². The largest absolute Gasteiger partial charge is 0.416 e. The first-order valence-electron chi connectivity index (χ1n) is 8.63. The number of amides is 1. The number of aromatic nitrogens is 2. The van der Waals surface area contributed by atoms with Gasteiger partial charge in [0.2, 0.25) is 0 Å². The van der Waals surface area contributed by atoms with Crippen LogP contribution >= 0.6 is 0 Å². The summed E-state index contributed by atoms with van der Waals surface area (Å²) in [5.41, 5.74) is -0.497. The number of H-pyrrole nitrogens is 1. The van der Waals surface area contributed by atoms with E-state index >= 15 is 0 Å². The minimum absolute atomic E-state index is 0.0254. The van der Waals surface area contributed by atoms with Gasteiger partial charge in [-0.3, -0.25) is 9.59 Å². The molecule has 146 valence electrons. The Balaban J connectivity index is 1.90. The average Bonchev–Trinajstić information content (AvgIpc) is 2.65. The number of alkyl halides is 3. The van der Waals surface area contributed by atoms with E-state index in [1.807, 2.05) is 0 Å². The van der Waals surface area contributed by atoms with Crippen LogP contribution in [0.3, 0.4) is 0 Å². The van der Waals surface area contributed by atoms with Crippen LogP contribution in [0.25, 0.3) is 10.9 Å². The van der Waals surface area contributed by atoms with Crippen LogP contribution < -0.4 is 5.56 Å². The molecular formula is C20H18F3N3O2. The molecule has 8 heteroatoms. The van der Waals surface area contributed by atoms with Crippen molar-refractivity contribution in [1.29, 1.82) is 0 Å². The minimum atomic E-state index is -4.46. The Labute approximate surface area is 158 Å². The zero-order chi connectivity index (χ0) is 20.5. The van der Waals surface area contributed by atoms with Crippen molar-refractivity contribution in [2.24, 2.45) is 0 Å². The summed E-state index contributed by atoms with van der Waals surface area (Å²) in [6.45, 7) is 3.58. The molecular weight excluding hydrogens is 371 g/mol. The molecule has 0 fully saturated rings. The molecule has 0 atom stereocenters. The second-order valence-corrected chi connectivity index (χ2v) is 6.63. The van der Waals surface area contributed by atoms with Gasteiger partial charge in [0.05, 0.1) is 23.0 Å². The highest BCUT2D eigenvalue weighted by Gasteiger charge is 2.30. The number of nitrogens with zero attached hydrogens (tertiary/aromatic N) is 2. The van der Waals surface area contributed by atoms with Crippen molar-refractivity contribution in [3.05, 3.63) is 75.8 Å². The molecule has 3 rings (SSSR count). The number of hydrogen-bond donors (Lipinski definition) is 1. The molecule has 0 aliphatic carbocycles. The van der Waals surface area contributed by atoms with Crippen LogP contribution in [0, 0.1) is 0 Å². The van der Waals surface area contributed by atoms with Gasteiger partial charge < -0.3 is 9.88 Å². The van der Waals surface area contributed by atoms with Crippen LogP contribution in [-0.2, 0) is 12.7 Å². The first-order valence-corrected chi connectivity index (χ1v) is 8.63. The summed E-state index contributed by atoms with van der Waals surface area (Å²) in [4.78, 5) is 33.5. The Bertz CT molecular complexity index is 1060. The molecule has 1 aromatic heterocycles.